The van der Waals surface area contributed by atoms with Crippen molar-refractivity contribution in [2.24, 2.45) is 0 Å². The third-order valence-electron chi connectivity index (χ3n) is 4.26. The first kappa shape index (κ1) is 18.3. The lowest BCUT2D eigenvalue weighted by Crippen LogP contribution is -2.50. The molecule has 1 N–H and O–H groups in total. The minimum Gasteiger partial charge on any atom is -0.351 e. The Balaban J connectivity index is 1.40. The number of nitrogens with one attached hydrogen (secondary N) is 1. The summed E-state index contributed by atoms with van der Waals surface area (Å²) in [6.07, 6.45) is 0. The van der Waals surface area contributed by atoms with Crippen molar-refractivity contribution in [2.75, 3.05) is 39.3 Å². The highest BCUT2D eigenvalue weighted by molar-refractivity contribution is 14.1. The molecule has 3 rings (SSSR count). The van der Waals surface area contributed by atoms with E-state index in [9.17, 15) is 9.59 Å². The quantitative estimate of drug-likeness (QED) is 0.686. The molecular weight excluding hydrogens is 449 g/mol. The van der Waals surface area contributed by atoms with E-state index in [4.69, 9.17) is 0 Å². The fourth-order valence-corrected chi connectivity index (χ4v) is 4.07. The molecule has 2 heterocycles. The first-order valence-electron chi connectivity index (χ1n) is 8.21. The van der Waals surface area contributed by atoms with Crippen LogP contribution in [0.25, 0.3) is 0 Å². The third-order valence-corrected chi connectivity index (χ3v) is 5.88. The lowest BCUT2D eigenvalue weighted by Gasteiger charge is -2.34. The smallest absolute Gasteiger partial charge is 0.254 e. The number of benzene rings is 1. The molecule has 1 aliphatic heterocycles. The summed E-state index contributed by atoms with van der Waals surface area (Å²) < 4.78 is 0.957. The van der Waals surface area contributed by atoms with Crippen molar-refractivity contribution >= 4 is 45.7 Å². The fraction of sp³-hybridized carbons (Fsp3) is 0.333. The Bertz CT molecular complexity index is 728. The fourth-order valence-electron chi connectivity index (χ4n) is 2.81. The number of thiophene rings is 1. The maximum atomic E-state index is 12.3. The van der Waals surface area contributed by atoms with Gasteiger partial charge in [0.25, 0.3) is 11.8 Å². The maximum Gasteiger partial charge on any atom is 0.254 e. The number of hydrogen-bond donors (Lipinski definition) is 1. The second-order valence-corrected chi connectivity index (χ2v) is 7.82. The molecule has 0 unspecified atom stereocenters. The summed E-state index contributed by atoms with van der Waals surface area (Å²) in [4.78, 5) is 28.7. The molecule has 1 aliphatic rings. The molecule has 1 fully saturated rings. The molecule has 0 aliphatic carbocycles. The molecular formula is C18H20IN3O2S. The first-order valence-corrected chi connectivity index (χ1v) is 10.2. The Morgan fingerprint density at radius 3 is 2.56 bits per heavy atom. The van der Waals surface area contributed by atoms with Crippen LogP contribution >= 0.6 is 33.9 Å². The van der Waals surface area contributed by atoms with Gasteiger partial charge in [0.05, 0.1) is 11.1 Å². The molecule has 0 atom stereocenters. The molecule has 1 aromatic carbocycles. The summed E-state index contributed by atoms with van der Waals surface area (Å²) >= 11 is 3.72. The number of amides is 2. The van der Waals surface area contributed by atoms with Gasteiger partial charge in [0, 0.05) is 48.2 Å². The Labute approximate surface area is 165 Å². The number of carbonyl (C=O) groups excluding carboxylic acids is 2. The molecule has 2 amide bonds. The summed E-state index contributed by atoms with van der Waals surface area (Å²) in [6, 6.07) is 9.45. The molecule has 5 nitrogen and oxygen atoms in total. The Kier molecular flexibility index (Phi) is 6.44. The highest BCUT2D eigenvalue weighted by atomic mass is 127. The molecule has 132 valence electrons. The predicted octanol–water partition coefficient (Wildman–Crippen LogP) is 2.54. The first-order chi connectivity index (χ1) is 12.1. The van der Waals surface area contributed by atoms with Gasteiger partial charge < -0.3 is 10.2 Å². The number of nitrogens with zero attached hydrogens (tertiary/aromatic N) is 2. The number of piperazine rings is 1. The van der Waals surface area contributed by atoms with E-state index in [1.54, 1.807) is 11.3 Å². The Morgan fingerprint density at radius 2 is 1.88 bits per heavy atom. The van der Waals surface area contributed by atoms with E-state index in [0.717, 1.165) is 41.9 Å². The molecule has 1 aromatic heterocycles. The van der Waals surface area contributed by atoms with Crippen LogP contribution in [-0.2, 0) is 0 Å². The van der Waals surface area contributed by atoms with Gasteiger partial charge in [-0.3, -0.25) is 14.5 Å². The van der Waals surface area contributed by atoms with Crippen LogP contribution in [0.15, 0.2) is 41.1 Å². The molecule has 0 saturated carbocycles. The molecule has 0 spiro atoms. The largest absolute Gasteiger partial charge is 0.351 e. The monoisotopic (exact) mass is 469 g/mol. The SMILES string of the molecule is O=C(NCCN1CCN(C(=O)c2ccsc2)CC1)c1ccccc1I. The molecule has 1 saturated heterocycles. The summed E-state index contributed by atoms with van der Waals surface area (Å²) in [7, 11) is 0. The Morgan fingerprint density at radius 1 is 1.12 bits per heavy atom. The van der Waals surface area contributed by atoms with Crippen molar-refractivity contribution in [2.45, 2.75) is 0 Å². The zero-order valence-electron chi connectivity index (χ0n) is 13.8. The minimum absolute atomic E-state index is 0.0312. The zero-order chi connectivity index (χ0) is 17.6. The number of carbonyl (C=O) groups is 2. The highest BCUT2D eigenvalue weighted by Gasteiger charge is 2.22. The van der Waals surface area contributed by atoms with E-state index < -0.39 is 0 Å². The second-order valence-electron chi connectivity index (χ2n) is 5.88. The van der Waals surface area contributed by atoms with Crippen molar-refractivity contribution < 1.29 is 9.59 Å². The van der Waals surface area contributed by atoms with E-state index in [-0.39, 0.29) is 11.8 Å². The predicted molar refractivity (Wildman–Crippen MR) is 108 cm³/mol. The third kappa shape index (κ3) is 4.80. The summed E-state index contributed by atoms with van der Waals surface area (Å²) in [6.45, 7) is 4.57. The van der Waals surface area contributed by atoms with Crippen molar-refractivity contribution in [3.8, 4) is 0 Å². The van der Waals surface area contributed by atoms with Gasteiger partial charge in [0.1, 0.15) is 0 Å². The molecule has 7 heteroatoms. The summed E-state index contributed by atoms with van der Waals surface area (Å²) in [5, 5.41) is 6.81. The number of halogens is 1. The molecule has 25 heavy (non-hydrogen) atoms. The average Bonchev–Trinajstić information content (AvgIpc) is 3.16. The summed E-state index contributed by atoms with van der Waals surface area (Å²) in [5.74, 6) is 0.0872. The topological polar surface area (TPSA) is 52.7 Å². The van der Waals surface area contributed by atoms with Gasteiger partial charge in [0.15, 0.2) is 0 Å². The van der Waals surface area contributed by atoms with Crippen molar-refractivity contribution in [3.05, 3.63) is 55.8 Å². The normalized spacial score (nSPS) is 15.2. The summed E-state index contributed by atoms with van der Waals surface area (Å²) in [5.41, 5.74) is 1.50. The van der Waals surface area contributed by atoms with Crippen LogP contribution in [0.5, 0.6) is 0 Å². The van der Waals surface area contributed by atoms with Crippen LogP contribution in [-0.4, -0.2) is 60.9 Å². The number of rotatable bonds is 5. The van der Waals surface area contributed by atoms with Gasteiger partial charge >= 0.3 is 0 Å². The van der Waals surface area contributed by atoms with Crippen molar-refractivity contribution in [1.82, 2.24) is 15.1 Å². The van der Waals surface area contributed by atoms with Gasteiger partial charge in [-0.05, 0) is 46.2 Å². The van der Waals surface area contributed by atoms with E-state index in [1.807, 2.05) is 46.0 Å². The van der Waals surface area contributed by atoms with Crippen LogP contribution < -0.4 is 5.32 Å². The lowest BCUT2D eigenvalue weighted by atomic mass is 10.2. The van der Waals surface area contributed by atoms with Crippen LogP contribution in [0.4, 0.5) is 0 Å². The van der Waals surface area contributed by atoms with Crippen LogP contribution in [0.3, 0.4) is 0 Å². The minimum atomic E-state index is -0.0312. The highest BCUT2D eigenvalue weighted by Crippen LogP contribution is 2.12. The van der Waals surface area contributed by atoms with E-state index in [1.165, 1.54) is 0 Å². The van der Waals surface area contributed by atoms with Crippen LogP contribution in [0.2, 0.25) is 0 Å². The van der Waals surface area contributed by atoms with Gasteiger partial charge in [-0.2, -0.15) is 11.3 Å². The lowest BCUT2D eigenvalue weighted by molar-refractivity contribution is 0.0638. The second kappa shape index (κ2) is 8.77. The Hall–Kier alpha value is -1.45. The van der Waals surface area contributed by atoms with E-state index >= 15 is 0 Å². The van der Waals surface area contributed by atoms with Gasteiger partial charge in [0.2, 0.25) is 0 Å². The van der Waals surface area contributed by atoms with Crippen molar-refractivity contribution in [3.63, 3.8) is 0 Å². The average molecular weight is 469 g/mol. The molecule has 0 radical (unpaired) electrons. The standard InChI is InChI=1S/C18H20IN3O2S/c19-16-4-2-1-3-15(16)17(23)20-6-7-21-8-10-22(11-9-21)18(24)14-5-12-25-13-14/h1-5,12-13H,6-11H2,(H,20,23). The van der Waals surface area contributed by atoms with Crippen LogP contribution in [0, 0.1) is 3.57 Å². The number of hydrogen-bond acceptors (Lipinski definition) is 4. The van der Waals surface area contributed by atoms with Gasteiger partial charge in [-0.25, -0.2) is 0 Å². The molecule has 2 aromatic rings. The zero-order valence-corrected chi connectivity index (χ0v) is 16.8. The van der Waals surface area contributed by atoms with E-state index in [2.05, 4.69) is 32.8 Å². The van der Waals surface area contributed by atoms with Crippen molar-refractivity contribution in [1.29, 1.82) is 0 Å². The maximum absolute atomic E-state index is 12.3. The molecule has 0 bridgehead atoms. The van der Waals surface area contributed by atoms with Gasteiger partial charge in [-0.15, -0.1) is 0 Å². The van der Waals surface area contributed by atoms with Gasteiger partial charge in [-0.1, -0.05) is 12.1 Å². The van der Waals surface area contributed by atoms with E-state index in [0.29, 0.717) is 12.1 Å². The van der Waals surface area contributed by atoms with Crippen LogP contribution in [0.1, 0.15) is 20.7 Å².